The lowest BCUT2D eigenvalue weighted by Gasteiger charge is -2.12. The van der Waals surface area contributed by atoms with Crippen molar-refractivity contribution in [2.24, 2.45) is 4.99 Å². The summed E-state index contributed by atoms with van der Waals surface area (Å²) >= 11 is 0. The van der Waals surface area contributed by atoms with Gasteiger partial charge in [-0.3, -0.25) is 15.1 Å². The monoisotopic (exact) mass is 326 g/mol. The number of nitro groups is 1. The Morgan fingerprint density at radius 2 is 1.75 bits per heavy atom. The molecule has 0 aromatic heterocycles. The third-order valence-electron chi connectivity index (χ3n) is 3.61. The van der Waals surface area contributed by atoms with Gasteiger partial charge >= 0.3 is 0 Å². The van der Waals surface area contributed by atoms with Crippen molar-refractivity contribution in [3.05, 3.63) is 75.8 Å². The first kappa shape index (κ1) is 17.5. The second-order valence-electron chi connectivity index (χ2n) is 5.37. The van der Waals surface area contributed by atoms with Gasteiger partial charge in [-0.15, -0.1) is 0 Å². The van der Waals surface area contributed by atoms with Crippen molar-refractivity contribution in [3.8, 4) is 0 Å². The maximum atomic E-state index is 10.6. The van der Waals surface area contributed by atoms with Gasteiger partial charge in [0.25, 0.3) is 5.69 Å². The summed E-state index contributed by atoms with van der Waals surface area (Å²) in [4.78, 5) is 14.4. The Bertz CT molecular complexity index is 669. The molecular weight excluding hydrogens is 304 g/mol. The van der Waals surface area contributed by atoms with Crippen LogP contribution in [-0.2, 0) is 13.0 Å². The SMILES string of the molecule is CN=C(NCCCc1ccccc1)NCc1ccc([N+](=O)[O-])cc1. The summed E-state index contributed by atoms with van der Waals surface area (Å²) in [7, 11) is 1.72. The van der Waals surface area contributed by atoms with Crippen LogP contribution in [0.25, 0.3) is 0 Å². The minimum absolute atomic E-state index is 0.0992. The Morgan fingerprint density at radius 3 is 2.38 bits per heavy atom. The summed E-state index contributed by atoms with van der Waals surface area (Å²) in [6.07, 6.45) is 2.04. The average molecular weight is 326 g/mol. The number of hydrogen-bond donors (Lipinski definition) is 2. The second kappa shape index (κ2) is 9.29. The Balaban J connectivity index is 1.71. The molecule has 0 atom stereocenters. The first-order chi connectivity index (χ1) is 11.7. The number of aliphatic imine (C=N–C) groups is 1. The molecule has 2 aromatic rings. The van der Waals surface area contributed by atoms with Crippen LogP contribution in [0, 0.1) is 10.1 Å². The molecule has 0 bridgehead atoms. The molecule has 0 heterocycles. The van der Waals surface area contributed by atoms with E-state index in [0.29, 0.717) is 6.54 Å². The number of hydrogen-bond acceptors (Lipinski definition) is 3. The van der Waals surface area contributed by atoms with E-state index in [-0.39, 0.29) is 5.69 Å². The van der Waals surface area contributed by atoms with Crippen molar-refractivity contribution in [2.75, 3.05) is 13.6 Å². The normalized spacial score (nSPS) is 11.1. The van der Waals surface area contributed by atoms with Gasteiger partial charge in [0.2, 0.25) is 0 Å². The molecule has 0 saturated carbocycles. The average Bonchev–Trinajstić information content (AvgIpc) is 2.62. The molecule has 0 radical (unpaired) electrons. The predicted octanol–water partition coefficient (Wildman–Crippen LogP) is 2.89. The highest BCUT2D eigenvalue weighted by atomic mass is 16.6. The third-order valence-corrected chi connectivity index (χ3v) is 3.61. The molecule has 0 aliphatic rings. The maximum Gasteiger partial charge on any atom is 0.269 e. The number of nitrogens with zero attached hydrogens (tertiary/aromatic N) is 2. The summed E-state index contributed by atoms with van der Waals surface area (Å²) in [6.45, 7) is 1.39. The molecular formula is C18H22N4O2. The number of benzene rings is 2. The topological polar surface area (TPSA) is 79.6 Å². The van der Waals surface area contributed by atoms with E-state index in [1.54, 1.807) is 19.2 Å². The fourth-order valence-electron chi connectivity index (χ4n) is 2.29. The van der Waals surface area contributed by atoms with E-state index in [2.05, 4.69) is 27.8 Å². The number of non-ortho nitro benzene ring substituents is 1. The van der Waals surface area contributed by atoms with Gasteiger partial charge in [0.15, 0.2) is 5.96 Å². The first-order valence-corrected chi connectivity index (χ1v) is 7.91. The molecule has 2 aromatic carbocycles. The molecule has 0 saturated heterocycles. The Morgan fingerprint density at radius 1 is 1.04 bits per heavy atom. The molecule has 0 unspecified atom stereocenters. The number of nitro benzene ring substituents is 1. The predicted molar refractivity (Wildman–Crippen MR) is 96.1 cm³/mol. The van der Waals surface area contributed by atoms with E-state index in [1.165, 1.54) is 17.7 Å². The quantitative estimate of drug-likeness (QED) is 0.270. The van der Waals surface area contributed by atoms with Gasteiger partial charge in [0, 0.05) is 32.3 Å². The number of aryl methyl sites for hydroxylation is 1. The van der Waals surface area contributed by atoms with Crippen LogP contribution in [0.15, 0.2) is 59.6 Å². The number of nitrogens with one attached hydrogen (secondary N) is 2. The zero-order chi connectivity index (χ0) is 17.2. The Kier molecular flexibility index (Phi) is 6.76. The largest absolute Gasteiger partial charge is 0.356 e. The highest BCUT2D eigenvalue weighted by Gasteiger charge is 2.04. The van der Waals surface area contributed by atoms with E-state index >= 15 is 0 Å². The van der Waals surface area contributed by atoms with Crippen LogP contribution in [0.3, 0.4) is 0 Å². The van der Waals surface area contributed by atoms with Gasteiger partial charge in [-0.05, 0) is 24.0 Å². The van der Waals surface area contributed by atoms with Gasteiger partial charge < -0.3 is 10.6 Å². The summed E-state index contributed by atoms with van der Waals surface area (Å²) in [5.41, 5.74) is 2.39. The fraction of sp³-hybridized carbons (Fsp3) is 0.278. The van der Waals surface area contributed by atoms with Gasteiger partial charge in [0.1, 0.15) is 0 Å². The van der Waals surface area contributed by atoms with Gasteiger partial charge in [-0.1, -0.05) is 42.5 Å². The molecule has 6 heteroatoms. The Hall–Kier alpha value is -2.89. The fourth-order valence-corrected chi connectivity index (χ4v) is 2.29. The van der Waals surface area contributed by atoms with Crippen LogP contribution < -0.4 is 10.6 Å². The standard InChI is InChI=1S/C18H22N4O2/c1-19-18(20-13-5-8-15-6-3-2-4-7-15)21-14-16-9-11-17(12-10-16)22(23)24/h2-4,6-7,9-12H,5,8,13-14H2,1H3,(H2,19,20,21). The second-order valence-corrected chi connectivity index (χ2v) is 5.37. The summed E-state index contributed by atoms with van der Waals surface area (Å²) in [5, 5.41) is 17.1. The molecule has 24 heavy (non-hydrogen) atoms. The lowest BCUT2D eigenvalue weighted by atomic mass is 10.1. The van der Waals surface area contributed by atoms with Crippen LogP contribution >= 0.6 is 0 Å². The first-order valence-electron chi connectivity index (χ1n) is 7.91. The maximum absolute atomic E-state index is 10.6. The van der Waals surface area contributed by atoms with Crippen LogP contribution in [-0.4, -0.2) is 24.5 Å². The van der Waals surface area contributed by atoms with Crippen molar-refractivity contribution < 1.29 is 4.92 Å². The van der Waals surface area contributed by atoms with Crippen molar-refractivity contribution in [3.63, 3.8) is 0 Å². The molecule has 0 aliphatic carbocycles. The minimum Gasteiger partial charge on any atom is -0.356 e. The molecule has 2 N–H and O–H groups in total. The van der Waals surface area contributed by atoms with Crippen molar-refractivity contribution >= 4 is 11.6 Å². The molecule has 0 aliphatic heterocycles. The molecule has 126 valence electrons. The molecule has 0 fully saturated rings. The van der Waals surface area contributed by atoms with E-state index in [0.717, 1.165) is 30.9 Å². The zero-order valence-electron chi connectivity index (χ0n) is 13.7. The van der Waals surface area contributed by atoms with Crippen LogP contribution in [0.5, 0.6) is 0 Å². The van der Waals surface area contributed by atoms with E-state index in [4.69, 9.17) is 0 Å². The minimum atomic E-state index is -0.398. The number of rotatable bonds is 7. The summed E-state index contributed by atoms with van der Waals surface area (Å²) in [5.74, 6) is 0.724. The summed E-state index contributed by atoms with van der Waals surface area (Å²) in [6, 6.07) is 16.9. The lowest BCUT2D eigenvalue weighted by Crippen LogP contribution is -2.37. The van der Waals surface area contributed by atoms with Crippen molar-refractivity contribution in [2.45, 2.75) is 19.4 Å². The molecule has 2 rings (SSSR count). The molecule has 0 amide bonds. The van der Waals surface area contributed by atoms with E-state index in [9.17, 15) is 10.1 Å². The van der Waals surface area contributed by atoms with Crippen molar-refractivity contribution in [1.82, 2.24) is 10.6 Å². The van der Waals surface area contributed by atoms with Crippen LogP contribution in [0.2, 0.25) is 0 Å². The summed E-state index contributed by atoms with van der Waals surface area (Å²) < 4.78 is 0. The molecule has 0 spiro atoms. The highest BCUT2D eigenvalue weighted by molar-refractivity contribution is 5.79. The Labute approximate surface area is 141 Å². The smallest absolute Gasteiger partial charge is 0.269 e. The number of guanidine groups is 1. The van der Waals surface area contributed by atoms with E-state index < -0.39 is 4.92 Å². The van der Waals surface area contributed by atoms with E-state index in [1.807, 2.05) is 18.2 Å². The zero-order valence-corrected chi connectivity index (χ0v) is 13.7. The molecule has 6 nitrogen and oxygen atoms in total. The highest BCUT2D eigenvalue weighted by Crippen LogP contribution is 2.11. The third kappa shape index (κ3) is 5.72. The lowest BCUT2D eigenvalue weighted by molar-refractivity contribution is -0.384. The van der Waals surface area contributed by atoms with Crippen LogP contribution in [0.1, 0.15) is 17.5 Å². The van der Waals surface area contributed by atoms with Crippen molar-refractivity contribution in [1.29, 1.82) is 0 Å². The van der Waals surface area contributed by atoms with Gasteiger partial charge in [-0.25, -0.2) is 0 Å². The van der Waals surface area contributed by atoms with Gasteiger partial charge in [-0.2, -0.15) is 0 Å². The van der Waals surface area contributed by atoms with Gasteiger partial charge in [0.05, 0.1) is 4.92 Å². The van der Waals surface area contributed by atoms with Crippen LogP contribution in [0.4, 0.5) is 5.69 Å².